The maximum atomic E-state index is 11.5. The highest BCUT2D eigenvalue weighted by Gasteiger charge is 2.15. The van der Waals surface area contributed by atoms with Gasteiger partial charge in [-0.15, -0.1) is 0 Å². The SMILES string of the molecule is O=C(O)Cc1ccc(=O)n2c1NCCC2. The summed E-state index contributed by atoms with van der Waals surface area (Å²) in [6.07, 6.45) is 0.839. The Morgan fingerprint density at radius 2 is 2.33 bits per heavy atom. The van der Waals surface area contributed by atoms with Gasteiger partial charge in [-0.25, -0.2) is 0 Å². The van der Waals surface area contributed by atoms with Gasteiger partial charge in [0.05, 0.1) is 6.42 Å². The number of anilines is 1. The van der Waals surface area contributed by atoms with Crippen LogP contribution in [-0.2, 0) is 17.8 Å². The zero-order valence-corrected chi connectivity index (χ0v) is 8.19. The maximum Gasteiger partial charge on any atom is 0.307 e. The lowest BCUT2D eigenvalue weighted by Crippen LogP contribution is -2.29. The molecule has 0 saturated carbocycles. The molecular weight excluding hydrogens is 196 g/mol. The van der Waals surface area contributed by atoms with Crippen molar-refractivity contribution < 1.29 is 9.90 Å². The molecule has 0 unspecified atom stereocenters. The van der Waals surface area contributed by atoms with Crippen LogP contribution in [0.1, 0.15) is 12.0 Å². The van der Waals surface area contributed by atoms with Crippen LogP contribution in [0.25, 0.3) is 0 Å². The van der Waals surface area contributed by atoms with Gasteiger partial charge < -0.3 is 10.4 Å². The molecule has 0 atom stereocenters. The molecule has 0 aliphatic carbocycles. The zero-order chi connectivity index (χ0) is 10.8. The first-order valence-corrected chi connectivity index (χ1v) is 4.87. The summed E-state index contributed by atoms with van der Waals surface area (Å²) in [5.41, 5.74) is 0.591. The van der Waals surface area contributed by atoms with E-state index in [0.717, 1.165) is 13.0 Å². The van der Waals surface area contributed by atoms with Crippen LogP contribution in [-0.4, -0.2) is 22.2 Å². The quantitative estimate of drug-likeness (QED) is 0.732. The predicted octanol–water partition coefficient (Wildman–Crippen LogP) is 0.291. The van der Waals surface area contributed by atoms with E-state index >= 15 is 0 Å². The summed E-state index contributed by atoms with van der Waals surface area (Å²) in [5.74, 6) is -0.222. The summed E-state index contributed by atoms with van der Waals surface area (Å²) in [5, 5.41) is 11.8. The smallest absolute Gasteiger partial charge is 0.307 e. The van der Waals surface area contributed by atoms with Gasteiger partial charge in [0, 0.05) is 24.7 Å². The van der Waals surface area contributed by atoms with Gasteiger partial charge in [-0.05, 0) is 12.5 Å². The van der Waals surface area contributed by atoms with E-state index in [9.17, 15) is 9.59 Å². The normalized spacial score (nSPS) is 14.1. The molecule has 5 heteroatoms. The van der Waals surface area contributed by atoms with Crippen LogP contribution in [0, 0.1) is 0 Å². The van der Waals surface area contributed by atoms with E-state index in [1.54, 1.807) is 10.6 Å². The summed E-state index contributed by atoms with van der Waals surface area (Å²) in [6, 6.07) is 3.01. The molecular formula is C10H12N2O3. The molecule has 2 N–H and O–H groups in total. The molecule has 15 heavy (non-hydrogen) atoms. The number of aliphatic carboxylic acids is 1. The zero-order valence-electron chi connectivity index (χ0n) is 8.19. The summed E-state index contributed by atoms with van der Waals surface area (Å²) in [7, 11) is 0. The minimum Gasteiger partial charge on any atom is -0.481 e. The van der Waals surface area contributed by atoms with Gasteiger partial charge in [0.2, 0.25) is 0 Å². The van der Waals surface area contributed by atoms with E-state index in [1.165, 1.54) is 6.07 Å². The molecule has 2 heterocycles. The number of aromatic nitrogens is 1. The number of nitrogens with one attached hydrogen (secondary N) is 1. The molecule has 1 aliphatic heterocycles. The van der Waals surface area contributed by atoms with E-state index in [2.05, 4.69) is 5.32 Å². The van der Waals surface area contributed by atoms with Crippen molar-refractivity contribution in [1.29, 1.82) is 0 Å². The molecule has 1 aromatic heterocycles. The molecule has 5 nitrogen and oxygen atoms in total. The molecule has 0 fully saturated rings. The van der Waals surface area contributed by atoms with Crippen LogP contribution in [0.15, 0.2) is 16.9 Å². The highest BCUT2D eigenvalue weighted by molar-refractivity contribution is 5.72. The van der Waals surface area contributed by atoms with Crippen LogP contribution in [0.3, 0.4) is 0 Å². The molecule has 80 valence electrons. The molecule has 0 radical (unpaired) electrons. The van der Waals surface area contributed by atoms with Gasteiger partial charge in [-0.1, -0.05) is 0 Å². The topological polar surface area (TPSA) is 71.3 Å². The molecule has 0 saturated heterocycles. The number of rotatable bonds is 2. The van der Waals surface area contributed by atoms with E-state index in [0.29, 0.717) is 17.9 Å². The van der Waals surface area contributed by atoms with Crippen molar-refractivity contribution in [3.05, 3.63) is 28.0 Å². The maximum absolute atomic E-state index is 11.5. The summed E-state index contributed by atoms with van der Waals surface area (Å²) >= 11 is 0. The minimum absolute atomic E-state index is 0.0530. The average molecular weight is 208 g/mol. The predicted molar refractivity (Wildman–Crippen MR) is 55.1 cm³/mol. The molecule has 0 spiro atoms. The first kappa shape index (κ1) is 9.76. The number of nitrogens with zero attached hydrogens (tertiary/aromatic N) is 1. The standard InChI is InChI=1S/C10H12N2O3/c13-8-3-2-7(6-9(14)15)10-11-4-1-5-12(8)10/h2-3,11H,1,4-6H2,(H,14,15). The van der Waals surface area contributed by atoms with Crippen LogP contribution in [0.2, 0.25) is 0 Å². The third-order valence-corrected chi connectivity index (χ3v) is 2.46. The lowest BCUT2D eigenvalue weighted by atomic mass is 10.1. The fourth-order valence-electron chi connectivity index (χ4n) is 1.80. The first-order chi connectivity index (χ1) is 7.18. The number of hydrogen-bond donors (Lipinski definition) is 2. The third kappa shape index (κ3) is 1.86. The highest BCUT2D eigenvalue weighted by atomic mass is 16.4. The number of hydrogen-bond acceptors (Lipinski definition) is 3. The summed E-state index contributed by atoms with van der Waals surface area (Å²) in [6.45, 7) is 1.45. The Morgan fingerprint density at radius 1 is 1.53 bits per heavy atom. The molecule has 0 bridgehead atoms. The summed E-state index contributed by atoms with van der Waals surface area (Å²) < 4.78 is 1.60. The second-order valence-corrected chi connectivity index (χ2v) is 3.55. The number of fused-ring (bicyclic) bond motifs is 1. The lowest BCUT2D eigenvalue weighted by Gasteiger charge is -2.22. The van der Waals surface area contributed by atoms with E-state index in [-0.39, 0.29) is 12.0 Å². The Morgan fingerprint density at radius 3 is 3.07 bits per heavy atom. The minimum atomic E-state index is -0.885. The average Bonchev–Trinajstić information content (AvgIpc) is 2.22. The second-order valence-electron chi connectivity index (χ2n) is 3.55. The Balaban J connectivity index is 2.48. The Hall–Kier alpha value is -1.78. The van der Waals surface area contributed by atoms with Crippen molar-refractivity contribution >= 4 is 11.8 Å². The van der Waals surface area contributed by atoms with Crippen molar-refractivity contribution in [3.63, 3.8) is 0 Å². The Kier molecular flexibility index (Phi) is 2.45. The van der Waals surface area contributed by atoms with E-state index < -0.39 is 5.97 Å². The summed E-state index contributed by atoms with van der Waals surface area (Å²) in [4.78, 5) is 22.1. The van der Waals surface area contributed by atoms with Crippen molar-refractivity contribution in [2.75, 3.05) is 11.9 Å². The van der Waals surface area contributed by atoms with Crippen molar-refractivity contribution in [2.45, 2.75) is 19.4 Å². The van der Waals surface area contributed by atoms with Gasteiger partial charge in [-0.3, -0.25) is 14.2 Å². The van der Waals surface area contributed by atoms with Crippen molar-refractivity contribution in [3.8, 4) is 0 Å². The van der Waals surface area contributed by atoms with E-state index in [4.69, 9.17) is 5.11 Å². The fraction of sp³-hybridized carbons (Fsp3) is 0.400. The highest BCUT2D eigenvalue weighted by Crippen LogP contribution is 2.17. The van der Waals surface area contributed by atoms with Gasteiger partial charge in [-0.2, -0.15) is 0 Å². The van der Waals surface area contributed by atoms with Gasteiger partial charge >= 0.3 is 5.97 Å². The molecule has 0 amide bonds. The second kappa shape index (κ2) is 3.76. The first-order valence-electron chi connectivity index (χ1n) is 4.87. The fourth-order valence-corrected chi connectivity index (χ4v) is 1.80. The number of pyridine rings is 1. The van der Waals surface area contributed by atoms with Crippen LogP contribution >= 0.6 is 0 Å². The molecule has 2 rings (SSSR count). The van der Waals surface area contributed by atoms with Crippen LogP contribution in [0.4, 0.5) is 5.82 Å². The number of carboxylic acids is 1. The Bertz CT molecular complexity index is 450. The number of carbonyl (C=O) groups is 1. The van der Waals surface area contributed by atoms with Crippen LogP contribution in [0.5, 0.6) is 0 Å². The van der Waals surface area contributed by atoms with Gasteiger partial charge in [0.1, 0.15) is 5.82 Å². The number of carboxylic acid groups (broad SMARTS) is 1. The molecule has 0 aromatic carbocycles. The van der Waals surface area contributed by atoms with E-state index in [1.807, 2.05) is 0 Å². The van der Waals surface area contributed by atoms with Crippen molar-refractivity contribution in [1.82, 2.24) is 4.57 Å². The van der Waals surface area contributed by atoms with Crippen molar-refractivity contribution in [2.24, 2.45) is 0 Å². The Labute approximate surface area is 86.3 Å². The largest absolute Gasteiger partial charge is 0.481 e. The van der Waals surface area contributed by atoms with Gasteiger partial charge in [0.15, 0.2) is 0 Å². The van der Waals surface area contributed by atoms with Crippen LogP contribution < -0.4 is 10.9 Å². The monoisotopic (exact) mass is 208 g/mol. The third-order valence-electron chi connectivity index (χ3n) is 2.46. The van der Waals surface area contributed by atoms with Gasteiger partial charge in [0.25, 0.3) is 5.56 Å². The molecule has 1 aliphatic rings. The lowest BCUT2D eigenvalue weighted by molar-refractivity contribution is -0.136. The molecule has 1 aromatic rings.